The Labute approximate surface area is 193 Å². The first-order valence-electron chi connectivity index (χ1n) is 10.8. The zero-order chi connectivity index (χ0) is 23.8. The van der Waals surface area contributed by atoms with E-state index in [-0.39, 0.29) is 17.4 Å². The van der Waals surface area contributed by atoms with Gasteiger partial charge in [-0.15, -0.1) is 0 Å². The largest absolute Gasteiger partial charge is 0.436 e. The van der Waals surface area contributed by atoms with Crippen LogP contribution in [0, 0.1) is 19.7 Å². The van der Waals surface area contributed by atoms with E-state index in [1.807, 2.05) is 0 Å². The lowest BCUT2D eigenvalue weighted by atomic mass is 10.1. The summed E-state index contributed by atoms with van der Waals surface area (Å²) in [4.78, 5) is 39.3. The number of carbonyl (C=O) groups is 2. The van der Waals surface area contributed by atoms with Gasteiger partial charge in [0.05, 0.1) is 23.3 Å². The summed E-state index contributed by atoms with van der Waals surface area (Å²) in [6.07, 6.45) is 6.64. The number of benzene rings is 1. The number of nitrogens with one attached hydrogen (secondary N) is 2. The molecule has 0 aliphatic carbocycles. The first-order chi connectivity index (χ1) is 16.4. The van der Waals surface area contributed by atoms with Crippen molar-refractivity contribution >= 4 is 29.1 Å². The van der Waals surface area contributed by atoms with Crippen molar-refractivity contribution in [3.63, 3.8) is 0 Å². The molecule has 0 bridgehead atoms. The molecular weight excluding hydrogens is 441 g/mol. The van der Waals surface area contributed by atoms with Gasteiger partial charge in [-0.05, 0) is 38.0 Å². The maximum absolute atomic E-state index is 14.6. The lowest BCUT2D eigenvalue weighted by Crippen LogP contribution is -2.32. The van der Waals surface area contributed by atoms with Gasteiger partial charge in [-0.1, -0.05) is 0 Å². The number of likely N-dealkylation sites (tertiary alicyclic amines) is 1. The second-order valence-electron chi connectivity index (χ2n) is 8.10. The van der Waals surface area contributed by atoms with E-state index in [2.05, 4.69) is 25.6 Å². The number of amides is 3. The van der Waals surface area contributed by atoms with Gasteiger partial charge in [-0.3, -0.25) is 9.20 Å². The van der Waals surface area contributed by atoms with E-state index in [1.54, 1.807) is 41.6 Å². The van der Waals surface area contributed by atoms with Crippen LogP contribution < -0.4 is 10.6 Å². The number of rotatable bonds is 4. The molecule has 11 heteroatoms. The zero-order valence-corrected chi connectivity index (χ0v) is 18.6. The summed E-state index contributed by atoms with van der Waals surface area (Å²) < 4.78 is 21.6. The van der Waals surface area contributed by atoms with Crippen LogP contribution in [0.25, 0.3) is 17.0 Å². The monoisotopic (exact) mass is 463 g/mol. The standard InChI is InChI=1S/C23H22FN7O3/c1-13-20(34-14(2)26-13)21(32)27-16-10-25-22-29-19(12-31(22)11-16)17-9-15(5-6-18(17)24)28-23(33)30-7-3-4-8-30/h5-6,9-12H,3-4,7-8H2,1-2H3,(H,27,32)(H,28,33). The first kappa shape index (κ1) is 21.6. The number of hydrogen-bond acceptors (Lipinski definition) is 6. The summed E-state index contributed by atoms with van der Waals surface area (Å²) >= 11 is 0. The Kier molecular flexibility index (Phi) is 5.44. The molecule has 4 heterocycles. The van der Waals surface area contributed by atoms with Crippen LogP contribution in [0.15, 0.2) is 41.2 Å². The van der Waals surface area contributed by atoms with Crippen molar-refractivity contribution in [1.82, 2.24) is 24.3 Å². The molecule has 1 saturated heterocycles. The van der Waals surface area contributed by atoms with Crippen LogP contribution in [0.4, 0.5) is 20.6 Å². The first-order valence-corrected chi connectivity index (χ1v) is 10.8. The Balaban J connectivity index is 1.38. The highest BCUT2D eigenvalue weighted by Crippen LogP contribution is 2.26. The van der Waals surface area contributed by atoms with Gasteiger partial charge in [0, 0.05) is 43.7 Å². The van der Waals surface area contributed by atoms with Crippen molar-refractivity contribution < 1.29 is 18.4 Å². The molecule has 0 spiro atoms. The lowest BCUT2D eigenvalue weighted by molar-refractivity contribution is 0.0994. The third-order valence-electron chi connectivity index (χ3n) is 5.56. The Morgan fingerprint density at radius 3 is 2.59 bits per heavy atom. The molecule has 10 nitrogen and oxygen atoms in total. The highest BCUT2D eigenvalue weighted by Gasteiger charge is 2.19. The van der Waals surface area contributed by atoms with Gasteiger partial charge >= 0.3 is 6.03 Å². The fourth-order valence-electron chi connectivity index (χ4n) is 3.93. The molecule has 1 aliphatic heterocycles. The Morgan fingerprint density at radius 1 is 1.06 bits per heavy atom. The molecule has 1 aliphatic rings. The molecule has 34 heavy (non-hydrogen) atoms. The summed E-state index contributed by atoms with van der Waals surface area (Å²) in [5.41, 5.74) is 1.93. The van der Waals surface area contributed by atoms with Gasteiger partial charge in [0.25, 0.3) is 5.91 Å². The number of carbonyl (C=O) groups excluding carboxylic acids is 2. The Morgan fingerprint density at radius 2 is 1.85 bits per heavy atom. The molecule has 3 aromatic heterocycles. The number of halogens is 1. The van der Waals surface area contributed by atoms with Crippen LogP contribution in [0.3, 0.4) is 0 Å². The Hall–Kier alpha value is -4.28. The molecule has 0 saturated carbocycles. The van der Waals surface area contributed by atoms with Gasteiger partial charge in [-0.25, -0.2) is 24.1 Å². The molecule has 5 rings (SSSR count). The van der Waals surface area contributed by atoms with Crippen molar-refractivity contribution in [3.05, 3.63) is 60.0 Å². The molecular formula is C23H22FN7O3. The summed E-state index contributed by atoms with van der Waals surface area (Å²) in [6, 6.07) is 4.15. The quantitative estimate of drug-likeness (QED) is 0.472. The fourth-order valence-corrected chi connectivity index (χ4v) is 3.93. The second kappa shape index (κ2) is 8.58. The molecule has 1 aromatic carbocycles. The van der Waals surface area contributed by atoms with Crippen molar-refractivity contribution in [3.8, 4) is 11.3 Å². The molecule has 4 aromatic rings. The SMILES string of the molecule is Cc1nc(C)c(C(=O)Nc2cnc3nc(-c4cc(NC(=O)N5CCCC5)ccc4F)cn3c2)o1. The van der Waals surface area contributed by atoms with E-state index < -0.39 is 11.7 Å². The molecule has 1 fully saturated rings. The summed E-state index contributed by atoms with van der Waals surface area (Å²) in [5.74, 6) is -0.0833. The third kappa shape index (κ3) is 4.19. The van der Waals surface area contributed by atoms with Gasteiger partial charge in [-0.2, -0.15) is 0 Å². The fraction of sp³-hybridized carbons (Fsp3) is 0.261. The molecule has 0 unspecified atom stereocenters. The zero-order valence-electron chi connectivity index (χ0n) is 18.6. The van der Waals surface area contributed by atoms with E-state index in [1.165, 1.54) is 18.3 Å². The molecule has 0 atom stereocenters. The normalized spacial score (nSPS) is 13.4. The number of urea groups is 1. The number of anilines is 2. The van der Waals surface area contributed by atoms with Gasteiger partial charge in [0.2, 0.25) is 11.5 Å². The van der Waals surface area contributed by atoms with E-state index >= 15 is 0 Å². The van der Waals surface area contributed by atoms with Crippen LogP contribution >= 0.6 is 0 Å². The number of aromatic nitrogens is 4. The van der Waals surface area contributed by atoms with Crippen molar-refractivity contribution in [2.75, 3.05) is 23.7 Å². The molecule has 174 valence electrons. The molecule has 0 radical (unpaired) electrons. The minimum absolute atomic E-state index is 0.124. The topological polar surface area (TPSA) is 118 Å². The Bertz CT molecular complexity index is 1410. The van der Waals surface area contributed by atoms with E-state index in [9.17, 15) is 14.0 Å². The lowest BCUT2D eigenvalue weighted by Gasteiger charge is -2.16. The number of aryl methyl sites for hydroxylation is 2. The minimum Gasteiger partial charge on any atom is -0.436 e. The van der Waals surface area contributed by atoms with Gasteiger partial charge < -0.3 is 20.0 Å². The van der Waals surface area contributed by atoms with Gasteiger partial charge in [0.15, 0.2) is 5.89 Å². The average Bonchev–Trinajstić information content (AvgIpc) is 3.54. The number of hydrogen-bond donors (Lipinski definition) is 2. The van der Waals surface area contributed by atoms with Crippen LogP contribution in [-0.2, 0) is 0 Å². The second-order valence-corrected chi connectivity index (χ2v) is 8.10. The van der Waals surface area contributed by atoms with Crippen LogP contribution in [0.5, 0.6) is 0 Å². The van der Waals surface area contributed by atoms with Gasteiger partial charge in [0.1, 0.15) is 5.82 Å². The van der Waals surface area contributed by atoms with Crippen LogP contribution in [0.2, 0.25) is 0 Å². The number of nitrogens with zero attached hydrogens (tertiary/aromatic N) is 5. The molecule has 2 N–H and O–H groups in total. The maximum atomic E-state index is 14.6. The predicted molar refractivity (Wildman–Crippen MR) is 122 cm³/mol. The van der Waals surface area contributed by atoms with E-state index in [4.69, 9.17) is 4.42 Å². The van der Waals surface area contributed by atoms with E-state index in [0.717, 1.165) is 12.8 Å². The predicted octanol–water partition coefficient (Wildman–Crippen LogP) is 4.02. The third-order valence-corrected chi connectivity index (χ3v) is 5.56. The summed E-state index contributed by atoms with van der Waals surface area (Å²) in [6.45, 7) is 4.78. The van der Waals surface area contributed by atoms with Crippen molar-refractivity contribution in [1.29, 1.82) is 0 Å². The average molecular weight is 463 g/mol. The van der Waals surface area contributed by atoms with Crippen LogP contribution in [-0.4, -0.2) is 49.3 Å². The number of oxazole rings is 1. The number of fused-ring (bicyclic) bond motifs is 1. The minimum atomic E-state index is -0.479. The summed E-state index contributed by atoms with van der Waals surface area (Å²) in [7, 11) is 0. The number of imidazole rings is 1. The van der Waals surface area contributed by atoms with Crippen LogP contribution in [0.1, 0.15) is 35.0 Å². The molecule has 3 amide bonds. The maximum Gasteiger partial charge on any atom is 0.321 e. The van der Waals surface area contributed by atoms with E-state index in [0.29, 0.717) is 47.5 Å². The smallest absolute Gasteiger partial charge is 0.321 e. The van der Waals surface area contributed by atoms with Crippen molar-refractivity contribution in [2.45, 2.75) is 26.7 Å². The van der Waals surface area contributed by atoms with Crippen molar-refractivity contribution in [2.24, 2.45) is 0 Å². The summed E-state index contributed by atoms with van der Waals surface area (Å²) in [5, 5.41) is 5.53. The highest BCUT2D eigenvalue weighted by atomic mass is 19.1. The highest BCUT2D eigenvalue weighted by molar-refractivity contribution is 6.02.